The Bertz CT molecular complexity index is 723. The van der Waals surface area contributed by atoms with Crippen LogP contribution in [-0.4, -0.2) is 10.2 Å². The zero-order valence-corrected chi connectivity index (χ0v) is 16.9. The van der Waals surface area contributed by atoms with E-state index in [1.807, 2.05) is 33.8 Å². The molecule has 0 aliphatic rings. The van der Waals surface area contributed by atoms with E-state index in [9.17, 15) is 10.2 Å². The number of benzene rings is 2. The molecule has 0 radical (unpaired) electrons. The number of phenolic OH excluding ortho intramolecular Hbond substituents is 2. The summed E-state index contributed by atoms with van der Waals surface area (Å²) >= 11 is 10.4. The van der Waals surface area contributed by atoms with Crippen molar-refractivity contribution in [2.75, 3.05) is 0 Å². The molecule has 0 aliphatic carbocycles. The second-order valence-corrected chi connectivity index (χ2v) is 7.51. The van der Waals surface area contributed by atoms with Crippen LogP contribution in [0.3, 0.4) is 0 Å². The summed E-state index contributed by atoms with van der Waals surface area (Å²) in [5, 5.41) is 20.2. The molecule has 2 rings (SSSR count). The Balaban J connectivity index is 2.93. The summed E-state index contributed by atoms with van der Waals surface area (Å²) in [5.74, 6) is 0.509. The van der Waals surface area contributed by atoms with Crippen LogP contribution in [0.4, 0.5) is 0 Å². The molecule has 0 spiro atoms. The maximum Gasteiger partial charge on any atom is 0.145 e. The van der Waals surface area contributed by atoms with Crippen molar-refractivity contribution >= 4 is 47.8 Å². The molecule has 0 amide bonds. The highest BCUT2D eigenvalue weighted by Gasteiger charge is 2.21. The summed E-state index contributed by atoms with van der Waals surface area (Å²) in [5.41, 5.74) is 5.70. The molecule has 0 aromatic heterocycles. The molecular weight excluding hydrogens is 464 g/mol. The van der Waals surface area contributed by atoms with Gasteiger partial charge in [-0.1, -0.05) is 0 Å². The van der Waals surface area contributed by atoms with Gasteiger partial charge in [-0.3, -0.25) is 0 Å². The summed E-state index contributed by atoms with van der Waals surface area (Å²) in [6, 6.07) is 1.97. The number of aromatic hydroxyl groups is 2. The standard InChI is InChI=1S/C16H15Br3O2/c1-6-5-10(7(2)8(3)15(6)20)11-9(4)12(17)16(21)14(19)13(11)18/h5,20-21H,1-4H3. The van der Waals surface area contributed by atoms with Crippen molar-refractivity contribution in [3.8, 4) is 22.6 Å². The van der Waals surface area contributed by atoms with Gasteiger partial charge in [0.25, 0.3) is 0 Å². The maximum atomic E-state index is 10.1. The van der Waals surface area contributed by atoms with Gasteiger partial charge in [0.05, 0.1) is 8.95 Å². The van der Waals surface area contributed by atoms with Crippen LogP contribution < -0.4 is 0 Å². The third-order valence-corrected chi connectivity index (χ3v) is 6.93. The van der Waals surface area contributed by atoms with Crippen LogP contribution in [0.25, 0.3) is 11.1 Å². The van der Waals surface area contributed by atoms with Crippen LogP contribution in [0.5, 0.6) is 11.5 Å². The van der Waals surface area contributed by atoms with Gasteiger partial charge in [0.2, 0.25) is 0 Å². The fourth-order valence-electron chi connectivity index (χ4n) is 2.41. The van der Waals surface area contributed by atoms with Crippen LogP contribution in [0, 0.1) is 27.7 Å². The highest BCUT2D eigenvalue weighted by atomic mass is 79.9. The molecule has 0 aliphatic heterocycles. The maximum absolute atomic E-state index is 10.1. The van der Waals surface area contributed by atoms with E-state index in [1.54, 1.807) is 0 Å². The van der Waals surface area contributed by atoms with E-state index in [0.29, 0.717) is 14.7 Å². The molecule has 21 heavy (non-hydrogen) atoms. The van der Waals surface area contributed by atoms with Gasteiger partial charge < -0.3 is 10.2 Å². The topological polar surface area (TPSA) is 40.5 Å². The SMILES string of the molecule is Cc1cc(-c2c(C)c(Br)c(O)c(Br)c2Br)c(C)c(C)c1O. The van der Waals surface area contributed by atoms with Gasteiger partial charge >= 0.3 is 0 Å². The zero-order valence-electron chi connectivity index (χ0n) is 12.1. The van der Waals surface area contributed by atoms with E-state index in [-0.39, 0.29) is 5.75 Å². The van der Waals surface area contributed by atoms with Gasteiger partial charge in [-0.25, -0.2) is 0 Å². The number of aryl methyl sites for hydroxylation is 1. The van der Waals surface area contributed by atoms with E-state index in [4.69, 9.17) is 0 Å². The van der Waals surface area contributed by atoms with Crippen molar-refractivity contribution in [2.45, 2.75) is 27.7 Å². The lowest BCUT2D eigenvalue weighted by molar-refractivity contribution is 0.466. The average Bonchev–Trinajstić information content (AvgIpc) is 2.46. The molecule has 0 heterocycles. The summed E-state index contributed by atoms with van der Waals surface area (Å²) in [6.45, 7) is 7.74. The second-order valence-electron chi connectivity index (χ2n) is 5.13. The predicted octanol–water partition coefficient (Wildman–Crippen LogP) is 6.29. The molecule has 112 valence electrons. The normalized spacial score (nSPS) is 11.0. The van der Waals surface area contributed by atoms with Crippen LogP contribution in [0.1, 0.15) is 22.3 Å². The molecule has 0 saturated heterocycles. The number of rotatable bonds is 1. The Morgan fingerprint density at radius 2 is 1.29 bits per heavy atom. The molecule has 0 fully saturated rings. The van der Waals surface area contributed by atoms with E-state index in [1.165, 1.54) is 0 Å². The van der Waals surface area contributed by atoms with Crippen molar-refractivity contribution in [1.29, 1.82) is 0 Å². The number of hydrogen-bond donors (Lipinski definition) is 2. The van der Waals surface area contributed by atoms with Crippen LogP contribution >= 0.6 is 47.8 Å². The third kappa shape index (κ3) is 2.64. The molecule has 2 N–H and O–H groups in total. The lowest BCUT2D eigenvalue weighted by Crippen LogP contribution is -1.96. The van der Waals surface area contributed by atoms with Gasteiger partial charge in [0, 0.05) is 10.0 Å². The molecule has 2 nitrogen and oxygen atoms in total. The first kappa shape index (κ1) is 16.8. The fourth-order valence-corrected chi connectivity index (χ4v) is 4.17. The van der Waals surface area contributed by atoms with E-state index in [0.717, 1.165) is 37.9 Å². The first-order valence-electron chi connectivity index (χ1n) is 6.34. The second kappa shape index (κ2) is 5.94. The molecular formula is C16H15Br3O2. The lowest BCUT2D eigenvalue weighted by atomic mass is 9.91. The Hall–Kier alpha value is -0.520. The summed E-state index contributed by atoms with van der Waals surface area (Å²) in [6.07, 6.45) is 0. The van der Waals surface area contributed by atoms with Crippen molar-refractivity contribution < 1.29 is 10.2 Å². The first-order valence-corrected chi connectivity index (χ1v) is 8.72. The van der Waals surface area contributed by atoms with Crippen LogP contribution in [0.15, 0.2) is 19.5 Å². The summed E-state index contributed by atoms with van der Waals surface area (Å²) in [7, 11) is 0. The van der Waals surface area contributed by atoms with Gasteiger partial charge in [-0.2, -0.15) is 0 Å². The van der Waals surface area contributed by atoms with Crippen molar-refractivity contribution in [2.24, 2.45) is 0 Å². The van der Waals surface area contributed by atoms with Crippen molar-refractivity contribution in [1.82, 2.24) is 0 Å². The fraction of sp³-hybridized carbons (Fsp3) is 0.250. The summed E-state index contributed by atoms with van der Waals surface area (Å²) < 4.78 is 2.07. The largest absolute Gasteiger partial charge is 0.507 e. The lowest BCUT2D eigenvalue weighted by Gasteiger charge is -2.19. The van der Waals surface area contributed by atoms with E-state index < -0.39 is 0 Å². The van der Waals surface area contributed by atoms with E-state index in [2.05, 4.69) is 47.8 Å². The van der Waals surface area contributed by atoms with Gasteiger partial charge in [0.1, 0.15) is 11.5 Å². The van der Waals surface area contributed by atoms with Crippen molar-refractivity contribution in [3.63, 3.8) is 0 Å². The minimum Gasteiger partial charge on any atom is -0.507 e. The molecule has 0 atom stereocenters. The van der Waals surface area contributed by atoms with Crippen LogP contribution in [0.2, 0.25) is 0 Å². The molecule has 0 saturated carbocycles. The highest BCUT2D eigenvalue weighted by Crippen LogP contribution is 2.48. The molecule has 5 heteroatoms. The van der Waals surface area contributed by atoms with Gasteiger partial charge in [0.15, 0.2) is 0 Å². The van der Waals surface area contributed by atoms with Gasteiger partial charge in [-0.15, -0.1) is 0 Å². The Morgan fingerprint density at radius 3 is 1.86 bits per heavy atom. The number of halogens is 3. The number of hydrogen-bond acceptors (Lipinski definition) is 2. The molecule has 2 aromatic carbocycles. The minimum atomic E-state index is 0.174. The van der Waals surface area contributed by atoms with Crippen molar-refractivity contribution in [3.05, 3.63) is 41.7 Å². The zero-order chi connectivity index (χ0) is 16.1. The Kier molecular flexibility index (Phi) is 4.76. The highest BCUT2D eigenvalue weighted by molar-refractivity contribution is 9.13. The van der Waals surface area contributed by atoms with E-state index >= 15 is 0 Å². The smallest absolute Gasteiger partial charge is 0.145 e. The minimum absolute atomic E-state index is 0.174. The molecule has 0 unspecified atom stereocenters. The van der Waals surface area contributed by atoms with Gasteiger partial charge in [-0.05, 0) is 109 Å². The quantitative estimate of drug-likeness (QED) is 0.473. The average molecular weight is 479 g/mol. The Morgan fingerprint density at radius 1 is 0.714 bits per heavy atom. The first-order chi connectivity index (χ1) is 9.68. The van der Waals surface area contributed by atoms with Crippen LogP contribution in [-0.2, 0) is 0 Å². The third-order valence-electron chi connectivity index (χ3n) is 3.86. The molecule has 2 aromatic rings. The number of phenols is 2. The summed E-state index contributed by atoms with van der Waals surface area (Å²) in [4.78, 5) is 0. The monoisotopic (exact) mass is 476 g/mol. The predicted molar refractivity (Wildman–Crippen MR) is 97.3 cm³/mol. The molecule has 0 bridgehead atoms. The Labute approximate surface area is 149 Å².